The maximum Gasteiger partial charge on any atom is 0.303 e. The van der Waals surface area contributed by atoms with Gasteiger partial charge in [-0.05, 0) is 101 Å². The Hall–Kier alpha value is -3.21. The van der Waals surface area contributed by atoms with E-state index >= 15 is 0 Å². The summed E-state index contributed by atoms with van der Waals surface area (Å²) in [6, 6.07) is 12.2. The van der Waals surface area contributed by atoms with E-state index in [-0.39, 0.29) is 28.3 Å². The number of unbranched alkanes of at least 4 members (excludes halogenated alkanes) is 2. The summed E-state index contributed by atoms with van der Waals surface area (Å²) in [5, 5.41) is 14.4. The number of hydrogen-bond donors (Lipinski definition) is 3. The van der Waals surface area contributed by atoms with Crippen LogP contribution in [-0.2, 0) is 14.8 Å². The van der Waals surface area contributed by atoms with E-state index < -0.39 is 16.0 Å². The van der Waals surface area contributed by atoms with E-state index in [1.54, 1.807) is 6.07 Å². The molecule has 4 heterocycles. The molecule has 2 unspecified atom stereocenters. The Kier molecular flexibility index (Phi) is 8.15. The molecule has 3 aliphatic heterocycles. The fourth-order valence-electron chi connectivity index (χ4n) is 7.26. The number of anilines is 1. The summed E-state index contributed by atoms with van der Waals surface area (Å²) in [6.45, 7) is 13.5. The molecule has 0 saturated heterocycles. The molecule has 10 heteroatoms. The van der Waals surface area contributed by atoms with Crippen LogP contribution in [0, 0.1) is 0 Å². The van der Waals surface area contributed by atoms with Crippen LogP contribution in [0.3, 0.4) is 0 Å². The standard InChI is InChI=1S/C35H43N3O5S2/c1-20-18-34(3,4)37-26-16-28-24(14-22(20)26)33(25-15-23-21(2)19-35(5,6)38-27(23)17-29(25)43-28)30-11-12-32(44-30)45(41,42)36-13-9-7-8-10-31(39)40/h11-12,14-17,20-21,36-37H,7-10,13,18-19H2,1-6H3,(H,39,40). The molecule has 45 heavy (non-hydrogen) atoms. The van der Waals surface area contributed by atoms with E-state index in [4.69, 9.17) is 14.8 Å². The lowest BCUT2D eigenvalue weighted by Crippen LogP contribution is -2.37. The van der Waals surface area contributed by atoms with Crippen LogP contribution in [-0.4, -0.2) is 37.1 Å². The topological polar surface area (TPSA) is 117 Å². The number of rotatable bonds is 9. The van der Waals surface area contributed by atoms with Crippen LogP contribution >= 0.6 is 11.3 Å². The summed E-state index contributed by atoms with van der Waals surface area (Å²) in [5.74, 6) is 1.29. The Morgan fingerprint density at radius 1 is 1.02 bits per heavy atom. The molecule has 240 valence electrons. The van der Waals surface area contributed by atoms with Crippen LogP contribution in [0.4, 0.5) is 5.69 Å². The molecular formula is C35H43N3O5S2. The number of thiophene rings is 1. The van der Waals surface area contributed by atoms with Crippen molar-refractivity contribution in [3.05, 3.63) is 68.5 Å². The minimum absolute atomic E-state index is 0.0419. The van der Waals surface area contributed by atoms with Gasteiger partial charge in [-0.25, -0.2) is 13.1 Å². The zero-order valence-electron chi connectivity index (χ0n) is 26.9. The van der Waals surface area contributed by atoms with E-state index in [0.29, 0.717) is 31.1 Å². The van der Waals surface area contributed by atoms with Gasteiger partial charge >= 0.3 is 5.97 Å². The summed E-state index contributed by atoms with van der Waals surface area (Å²) in [6.07, 6.45) is 3.80. The Morgan fingerprint density at radius 2 is 1.78 bits per heavy atom. The summed E-state index contributed by atoms with van der Waals surface area (Å²) >= 11 is 1.26. The predicted molar refractivity (Wildman–Crippen MR) is 179 cm³/mol. The third-order valence-corrected chi connectivity index (χ3v) is 12.1. The number of carboxylic acid groups (broad SMARTS) is 1. The zero-order chi connectivity index (χ0) is 32.3. The van der Waals surface area contributed by atoms with Crippen LogP contribution in [0.5, 0.6) is 11.5 Å². The maximum atomic E-state index is 13.3. The molecule has 0 aliphatic carbocycles. The molecule has 1 aromatic heterocycles. The number of benzene rings is 2. The molecule has 0 bridgehead atoms. The van der Waals surface area contributed by atoms with Crippen LogP contribution in [0.1, 0.15) is 113 Å². The van der Waals surface area contributed by atoms with Crippen molar-refractivity contribution in [3.8, 4) is 11.5 Å². The van der Waals surface area contributed by atoms with Crippen molar-refractivity contribution in [3.63, 3.8) is 0 Å². The molecule has 0 fully saturated rings. The van der Waals surface area contributed by atoms with Crippen molar-refractivity contribution in [2.45, 2.75) is 107 Å². The monoisotopic (exact) mass is 649 g/mol. The Labute approximate surface area is 269 Å². The SMILES string of the molecule is CC1CC(C)(C)Nc2cc3c(cc21)C(c1ccc(S(=O)(=O)NCCCCCC(=O)O)s1)=c1cc2c(cc1O3)=NC(C)(C)CC2C. The number of carboxylic acids is 1. The predicted octanol–water partition coefficient (Wildman–Crippen LogP) is 6.63. The number of nitrogens with zero attached hydrogens (tertiary/aromatic N) is 1. The fraction of sp³-hybridized carbons (Fsp3) is 0.486. The quantitative estimate of drug-likeness (QED) is 0.175. The van der Waals surface area contributed by atoms with Crippen molar-refractivity contribution >= 4 is 38.6 Å². The second-order valence-corrected chi connectivity index (χ2v) is 17.3. The molecule has 8 nitrogen and oxygen atoms in total. The number of ether oxygens (including phenoxy) is 1. The average molecular weight is 650 g/mol. The Bertz CT molecular complexity index is 1910. The number of fused-ring (bicyclic) bond motifs is 4. The first-order valence-electron chi connectivity index (χ1n) is 15.9. The molecule has 0 saturated carbocycles. The highest BCUT2D eigenvalue weighted by Crippen LogP contribution is 2.47. The third-order valence-electron chi connectivity index (χ3n) is 9.07. The van der Waals surface area contributed by atoms with Crippen LogP contribution < -0.4 is 25.4 Å². The molecular weight excluding hydrogens is 607 g/mol. The molecule has 3 N–H and O–H groups in total. The molecule has 2 aromatic carbocycles. The van der Waals surface area contributed by atoms with Gasteiger partial charge in [-0.15, -0.1) is 11.3 Å². The number of sulfonamides is 1. The Balaban J connectivity index is 1.45. The summed E-state index contributed by atoms with van der Waals surface area (Å²) in [4.78, 5) is 16.7. The summed E-state index contributed by atoms with van der Waals surface area (Å²) in [7, 11) is -3.73. The lowest BCUT2D eigenvalue weighted by molar-refractivity contribution is -0.137. The van der Waals surface area contributed by atoms with E-state index in [1.165, 1.54) is 22.5 Å². The van der Waals surface area contributed by atoms with Gasteiger partial charge in [0, 0.05) is 57.6 Å². The van der Waals surface area contributed by atoms with Gasteiger partial charge < -0.3 is 15.2 Å². The molecule has 0 spiro atoms. The maximum absolute atomic E-state index is 13.3. The lowest BCUT2D eigenvalue weighted by Gasteiger charge is -2.38. The van der Waals surface area contributed by atoms with Gasteiger partial charge in [0.25, 0.3) is 0 Å². The third kappa shape index (κ3) is 6.42. The summed E-state index contributed by atoms with van der Waals surface area (Å²) in [5.41, 5.74) is 5.22. The zero-order valence-corrected chi connectivity index (χ0v) is 28.5. The van der Waals surface area contributed by atoms with Crippen molar-refractivity contribution in [2.24, 2.45) is 4.99 Å². The van der Waals surface area contributed by atoms with Gasteiger partial charge in [0.05, 0.1) is 10.9 Å². The van der Waals surface area contributed by atoms with Gasteiger partial charge in [0.15, 0.2) is 0 Å². The number of carbonyl (C=O) groups is 1. The smallest absolute Gasteiger partial charge is 0.303 e. The van der Waals surface area contributed by atoms with Crippen molar-refractivity contribution < 1.29 is 23.1 Å². The van der Waals surface area contributed by atoms with Crippen LogP contribution in [0.15, 0.2) is 45.6 Å². The minimum atomic E-state index is -3.73. The first-order valence-corrected chi connectivity index (χ1v) is 18.2. The molecule has 6 rings (SSSR count). The molecule has 2 atom stereocenters. The first-order chi connectivity index (χ1) is 21.1. The molecule has 0 amide bonds. The molecule has 3 aliphatic rings. The van der Waals surface area contributed by atoms with Gasteiger partial charge in [-0.3, -0.25) is 9.79 Å². The highest BCUT2D eigenvalue weighted by atomic mass is 32.2. The van der Waals surface area contributed by atoms with E-state index in [0.717, 1.165) is 56.6 Å². The van der Waals surface area contributed by atoms with Gasteiger partial charge in [0.2, 0.25) is 10.0 Å². The van der Waals surface area contributed by atoms with Gasteiger partial charge in [0.1, 0.15) is 15.7 Å². The highest BCUT2D eigenvalue weighted by Gasteiger charge is 2.34. The van der Waals surface area contributed by atoms with Gasteiger partial charge in [-0.1, -0.05) is 20.3 Å². The first kappa shape index (κ1) is 31.8. The molecule has 0 radical (unpaired) electrons. The largest absolute Gasteiger partial charge is 0.481 e. The van der Waals surface area contributed by atoms with E-state index in [2.05, 4.69) is 75.8 Å². The van der Waals surface area contributed by atoms with Crippen LogP contribution in [0.2, 0.25) is 0 Å². The highest BCUT2D eigenvalue weighted by molar-refractivity contribution is 7.91. The molecule has 3 aromatic rings. The number of hydrogen-bond acceptors (Lipinski definition) is 7. The van der Waals surface area contributed by atoms with Gasteiger partial charge in [-0.2, -0.15) is 0 Å². The fourth-order valence-corrected chi connectivity index (χ4v) is 9.75. The normalized spacial score (nSPS) is 20.9. The Morgan fingerprint density at radius 3 is 2.53 bits per heavy atom. The van der Waals surface area contributed by atoms with Crippen molar-refractivity contribution in [1.82, 2.24) is 4.72 Å². The second-order valence-electron chi connectivity index (χ2n) is 14.2. The van der Waals surface area contributed by atoms with E-state index in [1.807, 2.05) is 6.07 Å². The number of aliphatic carboxylic acids is 1. The van der Waals surface area contributed by atoms with Crippen molar-refractivity contribution in [2.75, 3.05) is 11.9 Å². The van der Waals surface area contributed by atoms with E-state index in [9.17, 15) is 13.2 Å². The van der Waals surface area contributed by atoms with Crippen LogP contribution in [0.25, 0.3) is 5.57 Å². The lowest BCUT2D eigenvalue weighted by atomic mass is 9.80. The number of nitrogens with one attached hydrogen (secondary N) is 2. The second kappa shape index (κ2) is 11.5. The van der Waals surface area contributed by atoms with Crippen molar-refractivity contribution in [1.29, 1.82) is 0 Å². The average Bonchev–Trinajstić information content (AvgIpc) is 3.42. The summed E-state index contributed by atoms with van der Waals surface area (Å²) < 4.78 is 36.2. The minimum Gasteiger partial charge on any atom is -0.481 e.